The number of aryl methyl sites for hydroxylation is 1. The molecule has 0 radical (unpaired) electrons. The van der Waals surface area contributed by atoms with Gasteiger partial charge in [-0.3, -0.25) is 9.59 Å². The van der Waals surface area contributed by atoms with E-state index in [1.807, 2.05) is 0 Å². The lowest BCUT2D eigenvalue weighted by Gasteiger charge is -2.21. The Morgan fingerprint density at radius 2 is 2.03 bits per heavy atom. The first-order chi connectivity index (χ1) is 16.0. The van der Waals surface area contributed by atoms with Crippen LogP contribution in [0.3, 0.4) is 0 Å². The fraction of sp³-hybridized carbons (Fsp3) is 0.458. The van der Waals surface area contributed by atoms with Crippen LogP contribution in [0.5, 0.6) is 0 Å². The summed E-state index contributed by atoms with van der Waals surface area (Å²) in [6, 6.07) is 6.35. The van der Waals surface area contributed by atoms with Crippen molar-refractivity contribution in [1.82, 2.24) is 30.2 Å². The van der Waals surface area contributed by atoms with E-state index in [1.165, 1.54) is 48.7 Å². The van der Waals surface area contributed by atoms with Gasteiger partial charge in [0.05, 0.1) is 0 Å². The number of fused-ring (bicyclic) bond motifs is 3. The minimum atomic E-state index is -0.401. The number of carbonyl (C=O) groups excluding carboxylic acids is 2. The molecule has 2 aliphatic rings. The minimum Gasteiger partial charge on any atom is -0.350 e. The number of hydrogen-bond donors (Lipinski definition) is 2. The number of benzene rings is 1. The van der Waals surface area contributed by atoms with E-state index in [4.69, 9.17) is 0 Å². The van der Waals surface area contributed by atoms with Crippen molar-refractivity contribution >= 4 is 17.6 Å². The second kappa shape index (κ2) is 8.88. The Labute approximate surface area is 191 Å². The standard InChI is InChI=1S/C24H27FN6O2/c1-14-8-15(3-5-19(14)25)6-7-26-22(32)20-11-21(31-24(30-20)28-13-29-31)23(33)27-12-18-10-16-2-4-17(18)9-16/h3,5,8,11,13,16-18H,2,4,6-7,9-10,12H2,1H3,(H,26,32)(H,27,33)/t16-,17+,18?/m0/s1. The molecule has 5 rings (SSSR count). The molecule has 2 N–H and O–H groups in total. The van der Waals surface area contributed by atoms with E-state index in [9.17, 15) is 14.0 Å². The molecular weight excluding hydrogens is 423 g/mol. The molecular formula is C24H27FN6O2. The van der Waals surface area contributed by atoms with Crippen molar-refractivity contribution in [3.8, 4) is 0 Å². The molecule has 1 aromatic carbocycles. The third kappa shape index (κ3) is 4.44. The van der Waals surface area contributed by atoms with E-state index in [2.05, 4.69) is 25.7 Å². The van der Waals surface area contributed by atoms with E-state index in [0.29, 0.717) is 36.9 Å². The molecule has 2 fully saturated rings. The highest BCUT2D eigenvalue weighted by atomic mass is 19.1. The summed E-state index contributed by atoms with van der Waals surface area (Å²) in [7, 11) is 0. The molecule has 33 heavy (non-hydrogen) atoms. The normalized spacial score (nSPS) is 21.5. The van der Waals surface area contributed by atoms with Crippen LogP contribution in [0.15, 0.2) is 30.6 Å². The SMILES string of the molecule is Cc1cc(CCNC(=O)c2cc(C(=O)NCC3C[C@H]4CC[C@@H]3C4)n3ncnc3n2)ccc1F. The van der Waals surface area contributed by atoms with Crippen LogP contribution in [0, 0.1) is 30.5 Å². The predicted octanol–water partition coefficient (Wildman–Crippen LogP) is 2.71. The van der Waals surface area contributed by atoms with Crippen LogP contribution < -0.4 is 10.6 Å². The van der Waals surface area contributed by atoms with Gasteiger partial charge in [-0.25, -0.2) is 9.37 Å². The monoisotopic (exact) mass is 450 g/mol. The fourth-order valence-electron chi connectivity index (χ4n) is 5.30. The van der Waals surface area contributed by atoms with Crippen LogP contribution in [0.1, 0.15) is 57.8 Å². The van der Waals surface area contributed by atoms with Gasteiger partial charge in [0.2, 0.25) is 0 Å². The molecule has 1 unspecified atom stereocenters. The lowest BCUT2D eigenvalue weighted by atomic mass is 9.89. The van der Waals surface area contributed by atoms with Gasteiger partial charge in [-0.05, 0) is 67.6 Å². The Morgan fingerprint density at radius 3 is 2.79 bits per heavy atom. The molecule has 3 aromatic rings. The number of halogens is 1. The zero-order valence-electron chi connectivity index (χ0n) is 18.6. The summed E-state index contributed by atoms with van der Waals surface area (Å²) in [6.07, 6.45) is 6.91. The van der Waals surface area contributed by atoms with Crippen molar-refractivity contribution in [2.45, 2.75) is 39.0 Å². The molecule has 2 heterocycles. The van der Waals surface area contributed by atoms with Crippen LogP contribution in [0.2, 0.25) is 0 Å². The number of carbonyl (C=O) groups is 2. The maximum absolute atomic E-state index is 13.4. The van der Waals surface area contributed by atoms with E-state index in [1.54, 1.807) is 19.1 Å². The maximum Gasteiger partial charge on any atom is 0.270 e. The predicted molar refractivity (Wildman–Crippen MR) is 119 cm³/mol. The second-order valence-electron chi connectivity index (χ2n) is 9.23. The highest BCUT2D eigenvalue weighted by Gasteiger charge is 2.39. The highest BCUT2D eigenvalue weighted by Crippen LogP contribution is 2.47. The summed E-state index contributed by atoms with van der Waals surface area (Å²) in [6.45, 7) is 2.70. The zero-order chi connectivity index (χ0) is 22.9. The lowest BCUT2D eigenvalue weighted by molar-refractivity contribution is 0.0934. The maximum atomic E-state index is 13.4. The second-order valence-corrected chi connectivity index (χ2v) is 9.23. The average molecular weight is 451 g/mol. The van der Waals surface area contributed by atoms with Crippen molar-refractivity contribution in [2.24, 2.45) is 17.8 Å². The van der Waals surface area contributed by atoms with Crippen molar-refractivity contribution in [3.63, 3.8) is 0 Å². The summed E-state index contributed by atoms with van der Waals surface area (Å²) >= 11 is 0. The number of amides is 2. The largest absolute Gasteiger partial charge is 0.350 e. The summed E-state index contributed by atoms with van der Waals surface area (Å²) in [5, 5.41) is 9.94. The number of rotatable bonds is 7. The Kier molecular flexibility index (Phi) is 5.78. The fourth-order valence-corrected chi connectivity index (χ4v) is 5.30. The molecule has 2 aromatic heterocycles. The zero-order valence-corrected chi connectivity index (χ0v) is 18.6. The van der Waals surface area contributed by atoms with Gasteiger partial charge in [-0.2, -0.15) is 14.6 Å². The Bertz CT molecular complexity index is 1210. The van der Waals surface area contributed by atoms with E-state index < -0.39 is 5.91 Å². The van der Waals surface area contributed by atoms with Gasteiger partial charge in [-0.1, -0.05) is 18.6 Å². The van der Waals surface area contributed by atoms with Crippen molar-refractivity contribution in [2.75, 3.05) is 13.1 Å². The van der Waals surface area contributed by atoms with Gasteiger partial charge in [0.1, 0.15) is 23.5 Å². The smallest absolute Gasteiger partial charge is 0.270 e. The third-order valence-electron chi connectivity index (χ3n) is 7.05. The minimum absolute atomic E-state index is 0.107. The Morgan fingerprint density at radius 1 is 1.15 bits per heavy atom. The Hall–Kier alpha value is -3.36. The number of hydrogen-bond acceptors (Lipinski definition) is 5. The molecule has 2 saturated carbocycles. The van der Waals surface area contributed by atoms with Gasteiger partial charge in [0.25, 0.3) is 17.6 Å². The first kappa shape index (κ1) is 21.5. The number of nitrogens with zero attached hydrogens (tertiary/aromatic N) is 4. The van der Waals surface area contributed by atoms with Gasteiger partial charge in [0, 0.05) is 19.2 Å². The average Bonchev–Trinajstić information content (AvgIpc) is 3.56. The third-order valence-corrected chi connectivity index (χ3v) is 7.05. The first-order valence-corrected chi connectivity index (χ1v) is 11.5. The number of aromatic nitrogens is 4. The van der Waals surface area contributed by atoms with Crippen molar-refractivity contribution in [1.29, 1.82) is 0 Å². The molecule has 2 bridgehead atoms. The molecule has 0 aliphatic heterocycles. The van der Waals surface area contributed by atoms with E-state index in [-0.39, 0.29) is 28.9 Å². The highest BCUT2D eigenvalue weighted by molar-refractivity contribution is 5.98. The molecule has 9 heteroatoms. The van der Waals surface area contributed by atoms with Crippen molar-refractivity contribution < 1.29 is 14.0 Å². The van der Waals surface area contributed by atoms with E-state index >= 15 is 0 Å². The molecule has 2 amide bonds. The lowest BCUT2D eigenvalue weighted by Crippen LogP contribution is -2.33. The van der Waals surface area contributed by atoms with Crippen LogP contribution in [0.4, 0.5) is 4.39 Å². The van der Waals surface area contributed by atoms with Crippen LogP contribution >= 0.6 is 0 Å². The number of nitrogens with one attached hydrogen (secondary N) is 2. The molecule has 8 nitrogen and oxygen atoms in total. The summed E-state index contributed by atoms with van der Waals surface area (Å²) < 4.78 is 14.8. The van der Waals surface area contributed by atoms with Gasteiger partial charge in [-0.15, -0.1) is 0 Å². The van der Waals surface area contributed by atoms with Crippen LogP contribution in [0.25, 0.3) is 5.78 Å². The van der Waals surface area contributed by atoms with Gasteiger partial charge in [0.15, 0.2) is 0 Å². The molecule has 0 spiro atoms. The topological polar surface area (TPSA) is 101 Å². The van der Waals surface area contributed by atoms with Gasteiger partial charge >= 0.3 is 0 Å². The molecule has 3 atom stereocenters. The summed E-state index contributed by atoms with van der Waals surface area (Å²) in [5.41, 5.74) is 1.84. The van der Waals surface area contributed by atoms with Crippen molar-refractivity contribution in [3.05, 3.63) is 58.9 Å². The quantitative estimate of drug-likeness (QED) is 0.576. The van der Waals surface area contributed by atoms with Crippen LogP contribution in [-0.4, -0.2) is 44.5 Å². The summed E-state index contributed by atoms with van der Waals surface area (Å²) in [5.74, 6) is 1.31. The molecule has 0 saturated heterocycles. The van der Waals surface area contributed by atoms with Gasteiger partial charge < -0.3 is 10.6 Å². The summed E-state index contributed by atoms with van der Waals surface area (Å²) in [4.78, 5) is 34.0. The van der Waals surface area contributed by atoms with E-state index in [0.717, 1.165) is 11.5 Å². The molecule has 2 aliphatic carbocycles. The molecule has 172 valence electrons. The Balaban J connectivity index is 1.25. The van der Waals surface area contributed by atoms with Crippen LogP contribution in [-0.2, 0) is 6.42 Å². The first-order valence-electron chi connectivity index (χ1n) is 11.5.